The first-order valence-electron chi connectivity index (χ1n) is 9.33. The van der Waals surface area contributed by atoms with E-state index < -0.39 is 0 Å². The zero-order valence-electron chi connectivity index (χ0n) is 15.8. The summed E-state index contributed by atoms with van der Waals surface area (Å²) >= 11 is 1.77. The summed E-state index contributed by atoms with van der Waals surface area (Å²) in [5.41, 5.74) is 0. The van der Waals surface area contributed by atoms with Gasteiger partial charge in [-0.15, -0.1) is 11.3 Å². The third kappa shape index (κ3) is 5.43. The summed E-state index contributed by atoms with van der Waals surface area (Å²) in [5, 5.41) is 8.93. The van der Waals surface area contributed by atoms with Gasteiger partial charge in [-0.2, -0.15) is 0 Å². The van der Waals surface area contributed by atoms with Crippen LogP contribution in [0.2, 0.25) is 0 Å². The summed E-state index contributed by atoms with van der Waals surface area (Å²) in [5.74, 6) is 0.741. The van der Waals surface area contributed by atoms with Crippen LogP contribution in [0, 0.1) is 0 Å². The van der Waals surface area contributed by atoms with Crippen LogP contribution in [0.5, 0.6) is 0 Å². The van der Waals surface area contributed by atoms with E-state index in [0.717, 1.165) is 45.1 Å². The van der Waals surface area contributed by atoms with Gasteiger partial charge in [0.15, 0.2) is 5.96 Å². The molecule has 26 heavy (non-hydrogen) atoms. The van der Waals surface area contributed by atoms with Gasteiger partial charge in [0.05, 0.1) is 0 Å². The van der Waals surface area contributed by atoms with Crippen molar-refractivity contribution < 1.29 is 4.79 Å². The van der Waals surface area contributed by atoms with E-state index >= 15 is 0 Å². The van der Waals surface area contributed by atoms with Crippen molar-refractivity contribution in [1.29, 1.82) is 0 Å². The number of guanidine groups is 1. The van der Waals surface area contributed by atoms with Crippen LogP contribution in [-0.4, -0.2) is 99.1 Å². The molecule has 1 unspecified atom stereocenters. The lowest BCUT2D eigenvalue weighted by molar-refractivity contribution is -0.127. The molecule has 144 valence electrons. The third-order valence-electron chi connectivity index (χ3n) is 5.01. The smallest absolute Gasteiger partial charge is 0.243 e. The molecule has 3 aliphatic rings. The van der Waals surface area contributed by atoms with Crippen LogP contribution >= 0.6 is 11.3 Å². The fraction of sp³-hybridized carbons (Fsp3) is 0.667. The van der Waals surface area contributed by atoms with Gasteiger partial charge in [0.25, 0.3) is 0 Å². The van der Waals surface area contributed by atoms with Crippen LogP contribution in [0.1, 0.15) is 4.88 Å². The minimum Gasteiger partial charge on any atom is -0.356 e. The van der Waals surface area contributed by atoms with Crippen LogP contribution in [0.4, 0.5) is 0 Å². The monoisotopic (exact) mass is 378 g/mol. The molecule has 2 bridgehead atoms. The maximum atomic E-state index is 11.9. The predicted octanol–water partition coefficient (Wildman–Crippen LogP) is -0.0862. The lowest BCUT2D eigenvalue weighted by Gasteiger charge is -2.47. The Labute approximate surface area is 160 Å². The molecule has 2 N–H and O–H groups in total. The van der Waals surface area contributed by atoms with E-state index in [0.29, 0.717) is 6.04 Å². The van der Waals surface area contributed by atoms with Crippen LogP contribution in [0.15, 0.2) is 22.5 Å². The predicted molar refractivity (Wildman–Crippen MR) is 107 cm³/mol. The number of hydrogen-bond acceptors (Lipinski definition) is 5. The molecule has 3 fully saturated rings. The number of hydrogen-bond donors (Lipinski definition) is 2. The molecule has 0 radical (unpaired) electrons. The number of piperazine rings is 3. The highest BCUT2D eigenvalue weighted by Gasteiger charge is 2.31. The Balaban J connectivity index is 1.51. The van der Waals surface area contributed by atoms with Gasteiger partial charge in [-0.3, -0.25) is 14.6 Å². The van der Waals surface area contributed by atoms with E-state index in [-0.39, 0.29) is 12.5 Å². The van der Waals surface area contributed by atoms with Gasteiger partial charge in [-0.05, 0) is 17.9 Å². The SMILES string of the molecule is CN(C)C(=O)CN=C(NCCc1cccs1)NCC1CN2CCN1CC2. The van der Waals surface area contributed by atoms with Crippen molar-refractivity contribution in [2.75, 3.05) is 66.5 Å². The maximum Gasteiger partial charge on any atom is 0.243 e. The average molecular weight is 379 g/mol. The van der Waals surface area contributed by atoms with Crippen molar-refractivity contribution in [3.63, 3.8) is 0 Å². The Kier molecular flexibility index (Phi) is 6.87. The van der Waals surface area contributed by atoms with Crippen molar-refractivity contribution in [3.05, 3.63) is 22.4 Å². The van der Waals surface area contributed by atoms with Gasteiger partial charge in [-0.1, -0.05) is 6.07 Å². The molecule has 1 amide bonds. The molecule has 1 aromatic heterocycles. The summed E-state index contributed by atoms with van der Waals surface area (Å²) in [6.45, 7) is 7.64. The minimum atomic E-state index is 0.0101. The van der Waals surface area contributed by atoms with Crippen molar-refractivity contribution in [2.24, 2.45) is 4.99 Å². The number of likely N-dealkylation sites (N-methyl/N-ethyl adjacent to an activating group) is 1. The molecular weight excluding hydrogens is 348 g/mol. The molecule has 1 aromatic rings. The lowest BCUT2D eigenvalue weighted by Crippen LogP contribution is -2.63. The lowest BCUT2D eigenvalue weighted by atomic mass is 10.1. The first-order valence-corrected chi connectivity index (χ1v) is 10.2. The number of thiophene rings is 1. The fourth-order valence-corrected chi connectivity index (χ4v) is 4.06. The summed E-state index contributed by atoms with van der Waals surface area (Å²) in [6.07, 6.45) is 0.962. The van der Waals surface area contributed by atoms with Crippen molar-refractivity contribution in [3.8, 4) is 0 Å². The number of amides is 1. The minimum absolute atomic E-state index is 0.0101. The maximum absolute atomic E-state index is 11.9. The molecule has 8 heteroatoms. The van der Waals surface area contributed by atoms with Crippen molar-refractivity contribution >= 4 is 23.2 Å². The van der Waals surface area contributed by atoms with E-state index in [9.17, 15) is 4.79 Å². The normalized spacial score (nSPS) is 25.2. The second-order valence-electron chi connectivity index (χ2n) is 7.08. The van der Waals surface area contributed by atoms with Gasteiger partial charge >= 0.3 is 0 Å². The van der Waals surface area contributed by atoms with E-state index in [2.05, 4.69) is 42.9 Å². The molecule has 7 nitrogen and oxygen atoms in total. The van der Waals surface area contributed by atoms with Crippen LogP contribution < -0.4 is 10.6 Å². The van der Waals surface area contributed by atoms with Crippen LogP contribution in [0.3, 0.4) is 0 Å². The topological polar surface area (TPSA) is 63.2 Å². The molecule has 3 aliphatic heterocycles. The number of carbonyl (C=O) groups is 1. The molecule has 3 saturated heterocycles. The number of nitrogens with one attached hydrogen (secondary N) is 2. The Morgan fingerprint density at radius 3 is 2.73 bits per heavy atom. The standard InChI is InChI=1S/C18H30N6OS/c1-22(2)17(25)13-21-18(19-6-5-16-4-3-11-26-16)20-12-15-14-23-7-9-24(15)10-8-23/h3-4,11,15H,5-10,12-14H2,1-2H3,(H2,19,20,21). The second kappa shape index (κ2) is 9.34. The zero-order valence-corrected chi connectivity index (χ0v) is 16.6. The number of carbonyl (C=O) groups excluding carboxylic acids is 1. The van der Waals surface area contributed by atoms with Crippen molar-refractivity contribution in [1.82, 2.24) is 25.3 Å². The molecule has 4 rings (SSSR count). The first kappa shape index (κ1) is 19.1. The number of nitrogens with zero attached hydrogens (tertiary/aromatic N) is 4. The summed E-state index contributed by atoms with van der Waals surface area (Å²) in [4.78, 5) is 24.4. The Morgan fingerprint density at radius 1 is 1.31 bits per heavy atom. The summed E-state index contributed by atoms with van der Waals surface area (Å²) < 4.78 is 0. The zero-order chi connectivity index (χ0) is 18.4. The van der Waals surface area contributed by atoms with Gasteiger partial charge in [0.2, 0.25) is 5.91 Å². The van der Waals surface area contributed by atoms with Crippen LogP contribution in [-0.2, 0) is 11.2 Å². The molecule has 0 aromatic carbocycles. The number of aliphatic imine (C=N–C) groups is 1. The van der Waals surface area contributed by atoms with E-state index in [1.54, 1.807) is 30.3 Å². The number of rotatable bonds is 7. The molecule has 0 spiro atoms. The van der Waals surface area contributed by atoms with E-state index in [1.807, 2.05) is 0 Å². The molecular formula is C18H30N6OS. The van der Waals surface area contributed by atoms with Crippen LogP contribution in [0.25, 0.3) is 0 Å². The van der Waals surface area contributed by atoms with Gasteiger partial charge < -0.3 is 15.5 Å². The second-order valence-corrected chi connectivity index (χ2v) is 8.11. The molecule has 4 heterocycles. The molecule has 0 saturated carbocycles. The van der Waals surface area contributed by atoms with Gasteiger partial charge in [0.1, 0.15) is 6.54 Å². The van der Waals surface area contributed by atoms with E-state index in [4.69, 9.17) is 0 Å². The number of fused-ring (bicyclic) bond motifs is 3. The molecule has 0 aliphatic carbocycles. The summed E-state index contributed by atoms with van der Waals surface area (Å²) in [6, 6.07) is 4.74. The fourth-order valence-electron chi connectivity index (χ4n) is 3.35. The first-order chi connectivity index (χ1) is 12.6. The Morgan fingerprint density at radius 2 is 2.12 bits per heavy atom. The highest BCUT2D eigenvalue weighted by Crippen LogP contribution is 2.14. The average Bonchev–Trinajstić information content (AvgIpc) is 3.17. The summed E-state index contributed by atoms with van der Waals surface area (Å²) in [7, 11) is 3.52. The largest absolute Gasteiger partial charge is 0.356 e. The molecule has 1 atom stereocenters. The Hall–Kier alpha value is -1.64. The third-order valence-corrected chi connectivity index (χ3v) is 5.95. The highest BCUT2D eigenvalue weighted by atomic mass is 32.1. The van der Waals surface area contributed by atoms with Gasteiger partial charge in [-0.25, -0.2) is 4.99 Å². The quantitative estimate of drug-likeness (QED) is 0.513. The van der Waals surface area contributed by atoms with E-state index in [1.165, 1.54) is 18.0 Å². The highest BCUT2D eigenvalue weighted by molar-refractivity contribution is 7.09. The van der Waals surface area contributed by atoms with Gasteiger partial charge in [0, 0.05) is 70.8 Å². The Bertz CT molecular complexity index is 595. The van der Waals surface area contributed by atoms with Crippen molar-refractivity contribution in [2.45, 2.75) is 12.5 Å².